The van der Waals surface area contributed by atoms with Gasteiger partial charge in [0.1, 0.15) is 0 Å². The minimum atomic E-state index is -3.68. The van der Waals surface area contributed by atoms with Gasteiger partial charge in [0.15, 0.2) is 0 Å². The zero-order valence-electron chi connectivity index (χ0n) is 4.25. The summed E-state index contributed by atoms with van der Waals surface area (Å²) in [6.45, 7) is 1.47. The van der Waals surface area contributed by atoms with E-state index in [-0.39, 0.29) is 0 Å². The molecular weight excluding hydrogens is 127 g/mol. The van der Waals surface area contributed by atoms with Crippen LogP contribution in [0, 0.1) is 0 Å². The van der Waals surface area contributed by atoms with E-state index in [1.165, 1.54) is 6.92 Å². The average molecular weight is 132 g/mol. The van der Waals surface area contributed by atoms with Crippen LogP contribution in [0.1, 0.15) is 6.92 Å². The summed E-state index contributed by atoms with van der Waals surface area (Å²) in [6, 6.07) is 0. The molecule has 0 bridgehead atoms. The van der Waals surface area contributed by atoms with Crippen molar-refractivity contribution in [1.29, 1.82) is 0 Å². The number of hydrogen-bond acceptors (Lipinski definition) is 2. The molecule has 38 valence electrons. The Bertz CT molecular complexity index is 135. The van der Waals surface area contributed by atoms with Crippen molar-refractivity contribution in [2.45, 2.75) is 9.42 Å². The first kappa shape index (κ1) is 7.91. The first-order chi connectivity index (χ1) is 2.94. The molecule has 0 heterocycles. The summed E-state index contributed by atoms with van der Waals surface area (Å²) in [6.07, 6.45) is 0. The molecule has 0 aromatic carbocycles. The first-order valence-corrected chi connectivity index (χ1v) is 4.56. The average Bonchev–Trinajstić information content (AvgIpc) is 1.31. The first-order valence-electron chi connectivity index (χ1n) is 1.91. The fourth-order valence-electron chi connectivity index (χ4n) is 0. The molecule has 0 rings (SSSR count). The molecule has 0 saturated heterocycles. The van der Waals surface area contributed by atoms with Gasteiger partial charge in [0.25, 0.3) is 0 Å². The van der Waals surface area contributed by atoms with Crippen LogP contribution in [-0.4, -0.2) is 43.4 Å². The van der Waals surface area contributed by atoms with E-state index in [4.69, 9.17) is 4.55 Å². The Hall–Kier alpha value is 0.910. The van der Waals surface area contributed by atoms with Crippen LogP contribution in [0.25, 0.3) is 0 Å². The predicted molar refractivity (Wildman–Crippen MR) is 26.8 cm³/mol. The van der Waals surface area contributed by atoms with Gasteiger partial charge in [-0.1, -0.05) is 0 Å². The van der Waals surface area contributed by atoms with Crippen molar-refractivity contribution >= 4 is 38.0 Å². The van der Waals surface area contributed by atoms with E-state index >= 15 is 0 Å². The van der Waals surface area contributed by atoms with E-state index in [1.54, 1.807) is 0 Å². The van der Waals surface area contributed by atoms with Crippen molar-refractivity contribution in [1.82, 2.24) is 0 Å². The summed E-state index contributed by atoms with van der Waals surface area (Å²) in [5.74, 6) is 0. The molecule has 0 saturated carbocycles. The molecule has 1 atom stereocenters. The van der Waals surface area contributed by atoms with Gasteiger partial charge in [-0.3, -0.25) is 0 Å². The van der Waals surface area contributed by atoms with Crippen LogP contribution in [0.3, 0.4) is 0 Å². The molecule has 0 fully saturated rings. The fraction of sp³-hybridized carbons (Fsp3) is 1.00. The normalized spacial score (nSPS) is 16.6. The molecule has 0 aromatic heterocycles. The van der Waals surface area contributed by atoms with Gasteiger partial charge in [-0.2, -0.15) is 0 Å². The predicted octanol–water partition coefficient (Wildman–Crippen LogP) is -0.611. The van der Waals surface area contributed by atoms with E-state index < -0.39 is 12.6 Å². The summed E-state index contributed by atoms with van der Waals surface area (Å²) in [5.41, 5.74) is 0. The van der Waals surface area contributed by atoms with Crippen molar-refractivity contribution < 1.29 is 13.0 Å². The molecule has 0 amide bonds. The number of hydrogen-bond donors (Lipinski definition) is 1. The molecule has 7 heavy (non-hydrogen) atoms. The molecule has 0 spiro atoms. The second-order valence-electron chi connectivity index (χ2n) is 1.56. The summed E-state index contributed by atoms with van der Waals surface area (Å²) < 4.78 is 27.4. The van der Waals surface area contributed by atoms with Gasteiger partial charge in [0.2, 0.25) is 0 Å². The topological polar surface area (TPSA) is 54.4 Å². The number of rotatable bonds is 1. The molecular formula is C2H5NaO3S. The van der Waals surface area contributed by atoms with Crippen LogP contribution in [-0.2, 0) is 10.1 Å². The molecule has 3 nitrogen and oxygen atoms in total. The summed E-state index contributed by atoms with van der Waals surface area (Å²) in [7, 11) is -3.68. The third-order valence-electron chi connectivity index (χ3n) is 0.596. The Morgan fingerprint density at radius 1 is 1.71 bits per heavy atom. The molecule has 1 N–H and O–H groups in total. The quantitative estimate of drug-likeness (QED) is 0.382. The Kier molecular flexibility index (Phi) is 2.78. The molecule has 0 aliphatic carbocycles. The van der Waals surface area contributed by atoms with E-state index in [1.807, 2.05) is 0 Å². The monoisotopic (exact) mass is 132 g/mol. The van der Waals surface area contributed by atoms with E-state index in [0.717, 1.165) is 0 Å². The van der Waals surface area contributed by atoms with Gasteiger partial charge < -0.3 is 0 Å². The molecule has 5 heteroatoms. The van der Waals surface area contributed by atoms with Crippen molar-refractivity contribution in [2.24, 2.45) is 0 Å². The van der Waals surface area contributed by atoms with E-state index in [2.05, 4.69) is 0 Å². The van der Waals surface area contributed by atoms with Crippen molar-refractivity contribution in [3.05, 3.63) is 0 Å². The van der Waals surface area contributed by atoms with Gasteiger partial charge in [-0.05, 0) is 0 Å². The Morgan fingerprint density at radius 2 is 1.86 bits per heavy atom. The Balaban J connectivity index is 4.10. The van der Waals surface area contributed by atoms with Gasteiger partial charge >= 0.3 is 60.4 Å². The van der Waals surface area contributed by atoms with Crippen LogP contribution in [0.5, 0.6) is 0 Å². The second kappa shape index (κ2) is 2.46. The Morgan fingerprint density at radius 3 is 1.86 bits per heavy atom. The summed E-state index contributed by atoms with van der Waals surface area (Å²) in [5, 5.41) is 0. The maximum atomic E-state index is 9.92. The SMILES string of the molecule is C[CH]([Na])S(=O)(=O)O. The van der Waals surface area contributed by atoms with Crippen LogP contribution < -0.4 is 0 Å². The zero-order valence-corrected chi connectivity index (χ0v) is 7.07. The van der Waals surface area contributed by atoms with Crippen LogP contribution in [0.4, 0.5) is 0 Å². The minimum absolute atomic E-state index is 0.490. The van der Waals surface area contributed by atoms with Crippen LogP contribution >= 0.6 is 0 Å². The second-order valence-corrected chi connectivity index (χ2v) is 6.11. The van der Waals surface area contributed by atoms with Gasteiger partial charge in [-0.15, -0.1) is 0 Å². The third kappa shape index (κ3) is 3.49. The Labute approximate surface area is 60.3 Å². The standard InChI is InChI=1S/C2H5O3S.Na/c1-2-6(3,4)5;/h2H,1H3,(H,3,4,5);. The van der Waals surface area contributed by atoms with Crippen LogP contribution in [0.15, 0.2) is 0 Å². The molecule has 0 aromatic rings. The van der Waals surface area contributed by atoms with Crippen molar-refractivity contribution in [3.63, 3.8) is 0 Å². The maximum absolute atomic E-state index is 9.92. The van der Waals surface area contributed by atoms with E-state index in [0.29, 0.717) is 27.9 Å². The van der Waals surface area contributed by atoms with Gasteiger partial charge in [0.05, 0.1) is 0 Å². The van der Waals surface area contributed by atoms with Crippen LogP contribution in [0.2, 0.25) is 0 Å². The molecule has 1 unspecified atom stereocenters. The zero-order chi connectivity index (χ0) is 6.08. The van der Waals surface area contributed by atoms with Crippen molar-refractivity contribution in [3.8, 4) is 0 Å². The fourth-order valence-corrected chi connectivity index (χ4v) is 0. The molecule has 0 aliphatic heterocycles. The molecule has 0 aliphatic rings. The summed E-state index contributed by atoms with van der Waals surface area (Å²) in [4.78, 5) is 0. The third-order valence-corrected chi connectivity index (χ3v) is 3.57. The molecule has 0 radical (unpaired) electrons. The van der Waals surface area contributed by atoms with Crippen molar-refractivity contribution in [2.75, 3.05) is 0 Å². The van der Waals surface area contributed by atoms with Gasteiger partial charge in [0, 0.05) is 0 Å². The van der Waals surface area contributed by atoms with E-state index in [9.17, 15) is 8.42 Å². The summed E-state index contributed by atoms with van der Waals surface area (Å²) >= 11 is 0.490. The van der Waals surface area contributed by atoms with Gasteiger partial charge in [-0.25, -0.2) is 0 Å².